The van der Waals surface area contributed by atoms with Crippen LogP contribution in [-0.4, -0.2) is 11.7 Å². The second-order valence-electron chi connectivity index (χ2n) is 3.86. The first-order valence-corrected chi connectivity index (χ1v) is 5.00. The van der Waals surface area contributed by atoms with Crippen molar-refractivity contribution in [3.8, 4) is 0 Å². The molecule has 1 N–H and O–H groups in total. The minimum atomic E-state index is -0.145. The van der Waals surface area contributed by atoms with E-state index in [0.717, 1.165) is 6.42 Å². The third kappa shape index (κ3) is 2.46. The predicted octanol–water partition coefficient (Wildman–Crippen LogP) is 2.90. The third-order valence-corrected chi connectivity index (χ3v) is 2.62. The van der Waals surface area contributed by atoms with Gasteiger partial charge in [0.15, 0.2) is 0 Å². The zero-order valence-corrected chi connectivity index (χ0v) is 8.90. The van der Waals surface area contributed by atoms with Crippen LogP contribution in [-0.2, 0) is 5.41 Å². The Morgan fingerprint density at radius 2 is 1.93 bits per heavy atom. The molecule has 1 atom stereocenters. The number of hydrogen-bond donors (Lipinski definition) is 1. The van der Waals surface area contributed by atoms with Crippen molar-refractivity contribution in [3.05, 3.63) is 48.0 Å². The number of benzene rings is 1. The SMILES string of the molecule is C/C=C/CC(C)(CO)c1ccccc1. The summed E-state index contributed by atoms with van der Waals surface area (Å²) in [5, 5.41) is 9.43. The predicted molar refractivity (Wildman–Crippen MR) is 60.3 cm³/mol. The smallest absolute Gasteiger partial charge is 0.0528 e. The highest BCUT2D eigenvalue weighted by Gasteiger charge is 2.23. The molecule has 1 aromatic rings. The Morgan fingerprint density at radius 3 is 2.43 bits per heavy atom. The summed E-state index contributed by atoms with van der Waals surface area (Å²) in [5.74, 6) is 0. The summed E-state index contributed by atoms with van der Waals surface area (Å²) in [6.07, 6.45) is 5.00. The monoisotopic (exact) mass is 190 g/mol. The van der Waals surface area contributed by atoms with Crippen molar-refractivity contribution in [2.75, 3.05) is 6.61 Å². The van der Waals surface area contributed by atoms with E-state index in [-0.39, 0.29) is 12.0 Å². The fourth-order valence-electron chi connectivity index (χ4n) is 1.49. The molecule has 0 aliphatic carbocycles. The maximum Gasteiger partial charge on any atom is 0.0528 e. The molecule has 0 aliphatic heterocycles. The van der Waals surface area contributed by atoms with Crippen molar-refractivity contribution in [1.29, 1.82) is 0 Å². The Bertz CT molecular complexity index is 289. The molecule has 0 saturated heterocycles. The van der Waals surface area contributed by atoms with Crippen molar-refractivity contribution in [2.24, 2.45) is 0 Å². The summed E-state index contributed by atoms with van der Waals surface area (Å²) in [4.78, 5) is 0. The molecule has 0 fully saturated rings. The average Bonchev–Trinajstić information content (AvgIpc) is 2.27. The van der Waals surface area contributed by atoms with Gasteiger partial charge in [-0.2, -0.15) is 0 Å². The first-order valence-electron chi connectivity index (χ1n) is 5.00. The second kappa shape index (κ2) is 4.97. The van der Waals surface area contributed by atoms with Crippen molar-refractivity contribution in [2.45, 2.75) is 25.7 Å². The summed E-state index contributed by atoms with van der Waals surface area (Å²) in [6, 6.07) is 10.2. The molecule has 0 saturated carbocycles. The topological polar surface area (TPSA) is 20.2 Å². The molecule has 1 nitrogen and oxygen atoms in total. The molecular weight excluding hydrogens is 172 g/mol. The van der Waals surface area contributed by atoms with E-state index in [0.29, 0.717) is 0 Å². The van der Waals surface area contributed by atoms with Crippen LogP contribution < -0.4 is 0 Å². The van der Waals surface area contributed by atoms with Gasteiger partial charge in [0.25, 0.3) is 0 Å². The lowest BCUT2D eigenvalue weighted by Crippen LogP contribution is -2.25. The summed E-state index contributed by atoms with van der Waals surface area (Å²) >= 11 is 0. The van der Waals surface area contributed by atoms with Crippen LogP contribution in [0.1, 0.15) is 25.8 Å². The maximum atomic E-state index is 9.43. The Kier molecular flexibility index (Phi) is 3.90. The van der Waals surface area contributed by atoms with Gasteiger partial charge in [0.2, 0.25) is 0 Å². The van der Waals surface area contributed by atoms with E-state index in [9.17, 15) is 5.11 Å². The second-order valence-corrected chi connectivity index (χ2v) is 3.86. The molecule has 0 bridgehead atoms. The Balaban J connectivity index is 2.89. The Morgan fingerprint density at radius 1 is 1.29 bits per heavy atom. The van der Waals surface area contributed by atoms with Crippen LogP contribution >= 0.6 is 0 Å². The van der Waals surface area contributed by atoms with Crippen molar-refractivity contribution < 1.29 is 5.11 Å². The number of aliphatic hydroxyl groups excluding tert-OH is 1. The van der Waals surface area contributed by atoms with Gasteiger partial charge in [-0.25, -0.2) is 0 Å². The molecule has 14 heavy (non-hydrogen) atoms. The highest BCUT2D eigenvalue weighted by Crippen LogP contribution is 2.27. The molecule has 0 aliphatic rings. The van der Waals surface area contributed by atoms with E-state index < -0.39 is 0 Å². The quantitative estimate of drug-likeness (QED) is 0.724. The van der Waals surface area contributed by atoms with Crippen LogP contribution in [0.3, 0.4) is 0 Å². The maximum absolute atomic E-state index is 9.43. The van der Waals surface area contributed by atoms with Gasteiger partial charge in [0.05, 0.1) is 6.61 Å². The lowest BCUT2D eigenvalue weighted by molar-refractivity contribution is 0.207. The summed E-state index contributed by atoms with van der Waals surface area (Å²) < 4.78 is 0. The summed E-state index contributed by atoms with van der Waals surface area (Å²) in [7, 11) is 0. The summed E-state index contributed by atoms with van der Waals surface area (Å²) in [5.41, 5.74) is 1.05. The van der Waals surface area contributed by atoms with Crippen LogP contribution in [0.2, 0.25) is 0 Å². The van der Waals surface area contributed by atoms with E-state index >= 15 is 0 Å². The number of hydrogen-bond acceptors (Lipinski definition) is 1. The highest BCUT2D eigenvalue weighted by atomic mass is 16.3. The normalized spacial score (nSPS) is 15.6. The number of aliphatic hydroxyl groups is 1. The van der Waals surface area contributed by atoms with Gasteiger partial charge in [-0.15, -0.1) is 0 Å². The first kappa shape index (κ1) is 11.0. The van der Waals surface area contributed by atoms with Crippen molar-refractivity contribution in [1.82, 2.24) is 0 Å². The van der Waals surface area contributed by atoms with Crippen LogP contribution in [0.15, 0.2) is 42.5 Å². The molecule has 0 radical (unpaired) electrons. The molecule has 1 unspecified atom stereocenters. The van der Waals surface area contributed by atoms with Gasteiger partial charge in [0, 0.05) is 5.41 Å². The first-order chi connectivity index (χ1) is 6.73. The molecule has 1 heteroatoms. The van der Waals surface area contributed by atoms with Crippen LogP contribution in [0, 0.1) is 0 Å². The standard InChI is InChI=1S/C13H18O/c1-3-4-10-13(2,11-14)12-8-6-5-7-9-12/h3-9,14H,10-11H2,1-2H3/b4-3+. The van der Waals surface area contributed by atoms with E-state index in [4.69, 9.17) is 0 Å². The highest BCUT2D eigenvalue weighted by molar-refractivity contribution is 5.25. The zero-order chi connectivity index (χ0) is 10.4. The largest absolute Gasteiger partial charge is 0.395 e. The third-order valence-electron chi connectivity index (χ3n) is 2.62. The van der Waals surface area contributed by atoms with Gasteiger partial charge < -0.3 is 5.11 Å². The van der Waals surface area contributed by atoms with E-state index in [1.54, 1.807) is 0 Å². The molecule has 0 aromatic heterocycles. The fourth-order valence-corrected chi connectivity index (χ4v) is 1.49. The number of allylic oxidation sites excluding steroid dienone is 2. The molecule has 0 spiro atoms. The van der Waals surface area contributed by atoms with Gasteiger partial charge in [0.1, 0.15) is 0 Å². The van der Waals surface area contributed by atoms with Crippen molar-refractivity contribution >= 4 is 0 Å². The minimum Gasteiger partial charge on any atom is -0.395 e. The van der Waals surface area contributed by atoms with E-state index in [2.05, 4.69) is 25.1 Å². The van der Waals surface area contributed by atoms with E-state index in [1.807, 2.05) is 31.2 Å². The Hall–Kier alpha value is -1.08. The molecular formula is C13H18O. The number of rotatable bonds is 4. The van der Waals surface area contributed by atoms with E-state index in [1.165, 1.54) is 5.56 Å². The molecule has 0 heterocycles. The Labute approximate surface area is 86.1 Å². The van der Waals surface area contributed by atoms with Crippen molar-refractivity contribution in [3.63, 3.8) is 0 Å². The lowest BCUT2D eigenvalue weighted by atomic mass is 9.80. The molecule has 76 valence electrons. The van der Waals surface area contributed by atoms with Crippen LogP contribution in [0.4, 0.5) is 0 Å². The van der Waals surface area contributed by atoms with Crippen LogP contribution in [0.5, 0.6) is 0 Å². The molecule has 1 rings (SSSR count). The zero-order valence-electron chi connectivity index (χ0n) is 8.90. The lowest BCUT2D eigenvalue weighted by Gasteiger charge is -2.26. The minimum absolute atomic E-state index is 0.145. The molecule has 1 aromatic carbocycles. The van der Waals surface area contributed by atoms with Gasteiger partial charge >= 0.3 is 0 Å². The average molecular weight is 190 g/mol. The summed E-state index contributed by atoms with van der Waals surface area (Å²) in [6.45, 7) is 4.27. The van der Waals surface area contributed by atoms with Gasteiger partial charge in [-0.3, -0.25) is 0 Å². The molecule has 0 amide bonds. The fraction of sp³-hybridized carbons (Fsp3) is 0.385. The van der Waals surface area contributed by atoms with Gasteiger partial charge in [-0.1, -0.05) is 49.4 Å². The van der Waals surface area contributed by atoms with Crippen LogP contribution in [0.25, 0.3) is 0 Å². The van der Waals surface area contributed by atoms with Gasteiger partial charge in [-0.05, 0) is 18.9 Å².